The molecule has 0 radical (unpaired) electrons. The number of benzene rings is 2. The molecule has 0 atom stereocenters. The predicted octanol–water partition coefficient (Wildman–Crippen LogP) is 4.28. The number of para-hydroxylation sites is 1. The Morgan fingerprint density at radius 1 is 0.950 bits per heavy atom. The van der Waals surface area contributed by atoms with E-state index in [-0.39, 0.29) is 5.43 Å². The summed E-state index contributed by atoms with van der Waals surface area (Å²) in [4.78, 5) is 12.4. The van der Waals surface area contributed by atoms with Gasteiger partial charge >= 0.3 is 0 Å². The fourth-order valence-corrected chi connectivity index (χ4v) is 2.58. The van der Waals surface area contributed by atoms with E-state index in [2.05, 4.69) is 28.1 Å². The molecule has 0 aliphatic rings. The van der Waals surface area contributed by atoms with Crippen LogP contribution in [0.3, 0.4) is 0 Å². The van der Waals surface area contributed by atoms with Crippen LogP contribution in [0.2, 0.25) is 0 Å². The third-order valence-corrected chi connectivity index (χ3v) is 3.97. The summed E-state index contributed by atoms with van der Waals surface area (Å²) in [7, 11) is 0. The number of alkyl halides is 1. The van der Waals surface area contributed by atoms with Crippen LogP contribution in [0.15, 0.2) is 64.0 Å². The molecular weight excluding hydrogens is 316 g/mol. The molecule has 3 rings (SSSR count). The highest BCUT2D eigenvalue weighted by molar-refractivity contribution is 9.08. The van der Waals surface area contributed by atoms with E-state index in [0.717, 1.165) is 10.9 Å². The average Bonchev–Trinajstić information content (AvgIpc) is 2.51. The van der Waals surface area contributed by atoms with Crippen LogP contribution in [0.1, 0.15) is 16.7 Å². The lowest BCUT2D eigenvalue weighted by Crippen LogP contribution is -2.09. The van der Waals surface area contributed by atoms with Crippen LogP contribution in [0, 0.1) is 0 Å². The molecule has 2 aromatic carbocycles. The molecule has 1 heterocycles. The van der Waals surface area contributed by atoms with E-state index >= 15 is 0 Å². The number of fused-ring (bicyclic) bond motifs is 1. The van der Waals surface area contributed by atoms with Gasteiger partial charge in [-0.1, -0.05) is 52.3 Å². The summed E-state index contributed by atoms with van der Waals surface area (Å²) in [6.07, 6.45) is 2.17. The Hall–Kier alpha value is -1.87. The summed E-state index contributed by atoms with van der Waals surface area (Å²) in [5.74, 6) is 0. The van der Waals surface area contributed by atoms with Crippen LogP contribution in [0.5, 0.6) is 0 Å². The Morgan fingerprint density at radius 2 is 1.65 bits per heavy atom. The Kier molecular flexibility index (Phi) is 3.70. The van der Waals surface area contributed by atoms with Crippen LogP contribution < -0.4 is 5.43 Å². The Bertz CT molecular complexity index is 788. The summed E-state index contributed by atoms with van der Waals surface area (Å²) in [6, 6.07) is 15.6. The SMILES string of the molecule is O=c1c(Cc2ccc(CBr)cc2)coc2ccccc12. The fraction of sp³-hybridized carbons (Fsp3) is 0.118. The fourth-order valence-electron chi connectivity index (χ4n) is 2.21. The standard InChI is InChI=1S/C17H13BrO2/c18-10-13-7-5-12(6-8-13)9-14-11-20-16-4-2-1-3-15(16)17(14)19/h1-8,11H,9-10H2. The van der Waals surface area contributed by atoms with E-state index in [1.54, 1.807) is 12.3 Å². The van der Waals surface area contributed by atoms with Crippen molar-refractivity contribution in [1.82, 2.24) is 0 Å². The summed E-state index contributed by atoms with van der Waals surface area (Å²) in [5.41, 5.74) is 3.71. The second-order valence-corrected chi connectivity index (χ2v) is 5.27. The first-order valence-corrected chi connectivity index (χ1v) is 7.53. The van der Waals surface area contributed by atoms with Gasteiger partial charge in [0.2, 0.25) is 0 Å². The van der Waals surface area contributed by atoms with Gasteiger partial charge in [-0.3, -0.25) is 4.79 Å². The first kappa shape index (κ1) is 13.1. The molecule has 0 N–H and O–H groups in total. The highest BCUT2D eigenvalue weighted by Crippen LogP contribution is 2.14. The maximum Gasteiger partial charge on any atom is 0.196 e. The molecule has 2 nitrogen and oxygen atoms in total. The van der Waals surface area contributed by atoms with E-state index in [1.807, 2.05) is 30.3 Å². The zero-order valence-corrected chi connectivity index (χ0v) is 12.4. The predicted molar refractivity (Wildman–Crippen MR) is 84.4 cm³/mol. The monoisotopic (exact) mass is 328 g/mol. The summed E-state index contributed by atoms with van der Waals surface area (Å²) < 4.78 is 5.53. The van der Waals surface area contributed by atoms with Gasteiger partial charge in [-0.05, 0) is 23.3 Å². The molecule has 100 valence electrons. The van der Waals surface area contributed by atoms with Crippen molar-refractivity contribution in [3.63, 3.8) is 0 Å². The summed E-state index contributed by atoms with van der Waals surface area (Å²) >= 11 is 3.42. The topological polar surface area (TPSA) is 30.2 Å². The van der Waals surface area contributed by atoms with Gasteiger partial charge in [0.1, 0.15) is 5.58 Å². The Morgan fingerprint density at radius 3 is 2.40 bits per heavy atom. The van der Waals surface area contributed by atoms with Crippen LogP contribution in [-0.4, -0.2) is 0 Å². The zero-order valence-electron chi connectivity index (χ0n) is 10.8. The summed E-state index contributed by atoms with van der Waals surface area (Å²) in [5, 5.41) is 1.48. The normalized spacial score (nSPS) is 10.8. The van der Waals surface area contributed by atoms with Crippen molar-refractivity contribution >= 4 is 26.9 Å². The number of hydrogen-bond donors (Lipinski definition) is 0. The van der Waals surface area contributed by atoms with Crippen molar-refractivity contribution < 1.29 is 4.42 Å². The molecule has 0 fully saturated rings. The quantitative estimate of drug-likeness (QED) is 0.672. The molecule has 0 saturated carbocycles. The maximum atomic E-state index is 12.4. The molecule has 0 aliphatic carbocycles. The minimum Gasteiger partial charge on any atom is -0.464 e. The Labute approximate surface area is 125 Å². The van der Waals surface area contributed by atoms with Crippen molar-refractivity contribution in [2.75, 3.05) is 0 Å². The highest BCUT2D eigenvalue weighted by atomic mass is 79.9. The van der Waals surface area contributed by atoms with Crippen LogP contribution >= 0.6 is 15.9 Å². The lowest BCUT2D eigenvalue weighted by molar-refractivity contribution is 0.594. The van der Waals surface area contributed by atoms with Gasteiger partial charge in [0.25, 0.3) is 0 Å². The molecule has 3 heteroatoms. The van der Waals surface area contributed by atoms with Gasteiger partial charge in [-0.15, -0.1) is 0 Å². The second kappa shape index (κ2) is 5.63. The van der Waals surface area contributed by atoms with Crippen LogP contribution in [0.4, 0.5) is 0 Å². The molecule has 0 spiro atoms. The molecular formula is C17H13BrO2. The highest BCUT2D eigenvalue weighted by Gasteiger charge is 2.07. The third-order valence-electron chi connectivity index (χ3n) is 3.32. The van der Waals surface area contributed by atoms with Crippen molar-refractivity contribution in [1.29, 1.82) is 0 Å². The average molecular weight is 329 g/mol. The van der Waals surface area contributed by atoms with E-state index in [4.69, 9.17) is 4.42 Å². The van der Waals surface area contributed by atoms with Gasteiger partial charge in [0.15, 0.2) is 5.43 Å². The van der Waals surface area contributed by atoms with Gasteiger partial charge in [-0.2, -0.15) is 0 Å². The lowest BCUT2D eigenvalue weighted by Gasteiger charge is -2.03. The molecule has 0 saturated heterocycles. The van der Waals surface area contributed by atoms with E-state index < -0.39 is 0 Å². The molecule has 0 amide bonds. The third kappa shape index (κ3) is 2.54. The lowest BCUT2D eigenvalue weighted by atomic mass is 10.0. The summed E-state index contributed by atoms with van der Waals surface area (Å²) in [6.45, 7) is 0. The minimum absolute atomic E-state index is 0.0522. The number of halogens is 1. The van der Waals surface area contributed by atoms with Crippen molar-refractivity contribution in [2.24, 2.45) is 0 Å². The number of hydrogen-bond acceptors (Lipinski definition) is 2. The van der Waals surface area contributed by atoms with Crippen LogP contribution in [-0.2, 0) is 11.8 Å². The van der Waals surface area contributed by atoms with E-state index in [9.17, 15) is 4.79 Å². The van der Waals surface area contributed by atoms with Crippen molar-refractivity contribution in [3.8, 4) is 0 Å². The molecule has 0 aliphatic heterocycles. The number of rotatable bonds is 3. The minimum atomic E-state index is 0.0522. The molecule has 0 unspecified atom stereocenters. The second-order valence-electron chi connectivity index (χ2n) is 4.71. The smallest absolute Gasteiger partial charge is 0.196 e. The van der Waals surface area contributed by atoms with Gasteiger partial charge in [0, 0.05) is 17.3 Å². The molecule has 0 bridgehead atoms. The van der Waals surface area contributed by atoms with E-state index in [0.29, 0.717) is 23.0 Å². The Balaban J connectivity index is 1.98. The largest absolute Gasteiger partial charge is 0.464 e. The van der Waals surface area contributed by atoms with Gasteiger partial charge in [0.05, 0.1) is 11.6 Å². The molecule has 1 aromatic heterocycles. The van der Waals surface area contributed by atoms with Crippen molar-refractivity contribution in [2.45, 2.75) is 11.8 Å². The molecule has 3 aromatic rings. The zero-order chi connectivity index (χ0) is 13.9. The van der Waals surface area contributed by atoms with Gasteiger partial charge < -0.3 is 4.42 Å². The van der Waals surface area contributed by atoms with E-state index in [1.165, 1.54) is 5.56 Å². The first-order chi connectivity index (χ1) is 9.78. The van der Waals surface area contributed by atoms with Gasteiger partial charge in [-0.25, -0.2) is 0 Å². The van der Waals surface area contributed by atoms with Crippen LogP contribution in [0.25, 0.3) is 11.0 Å². The maximum absolute atomic E-state index is 12.4. The molecule has 20 heavy (non-hydrogen) atoms. The first-order valence-electron chi connectivity index (χ1n) is 6.41. The van der Waals surface area contributed by atoms with Crippen molar-refractivity contribution in [3.05, 3.63) is 81.7 Å².